The minimum Gasteiger partial charge on any atom is -0.490 e. The molecule has 0 amide bonds. The van der Waals surface area contributed by atoms with Gasteiger partial charge in [-0.05, 0) is 48.9 Å². The highest BCUT2D eigenvalue weighted by Gasteiger charge is 2.04. The minimum absolute atomic E-state index is 0.304. The van der Waals surface area contributed by atoms with Crippen molar-refractivity contribution < 1.29 is 18.3 Å². The molecular formula is C18H15FO4. The molecule has 0 aliphatic carbocycles. The van der Waals surface area contributed by atoms with Crippen LogP contribution in [0.15, 0.2) is 57.7 Å². The zero-order valence-electron chi connectivity index (χ0n) is 12.5. The Balaban J connectivity index is 1.61. The van der Waals surface area contributed by atoms with E-state index in [9.17, 15) is 9.18 Å². The second-order valence-electron chi connectivity index (χ2n) is 5.06. The van der Waals surface area contributed by atoms with E-state index in [-0.39, 0.29) is 11.4 Å². The molecule has 4 nitrogen and oxygen atoms in total. The highest BCUT2D eigenvalue weighted by atomic mass is 19.1. The Morgan fingerprint density at radius 3 is 2.35 bits per heavy atom. The molecule has 0 unspecified atom stereocenters. The van der Waals surface area contributed by atoms with Crippen molar-refractivity contribution in [2.75, 3.05) is 13.2 Å². The van der Waals surface area contributed by atoms with Gasteiger partial charge in [-0.1, -0.05) is 0 Å². The van der Waals surface area contributed by atoms with Crippen LogP contribution in [0.2, 0.25) is 0 Å². The third-order valence-electron chi connectivity index (χ3n) is 3.36. The molecule has 0 saturated carbocycles. The van der Waals surface area contributed by atoms with Gasteiger partial charge in [0.1, 0.15) is 36.1 Å². The standard InChI is InChI=1S/C18H15FO4/c1-12-10-18(20)23-17-11-15(6-7-16(12)17)22-9-8-21-14-4-2-13(19)3-5-14/h2-7,10-11H,8-9H2,1H3. The van der Waals surface area contributed by atoms with Crippen LogP contribution in [-0.4, -0.2) is 13.2 Å². The molecule has 0 spiro atoms. The molecular weight excluding hydrogens is 299 g/mol. The number of hydrogen-bond donors (Lipinski definition) is 0. The maximum atomic E-state index is 12.8. The largest absolute Gasteiger partial charge is 0.490 e. The van der Waals surface area contributed by atoms with Crippen molar-refractivity contribution in [2.45, 2.75) is 6.92 Å². The normalized spacial score (nSPS) is 10.7. The van der Waals surface area contributed by atoms with E-state index in [2.05, 4.69) is 0 Å². The van der Waals surface area contributed by atoms with Crippen LogP contribution in [0.4, 0.5) is 4.39 Å². The summed E-state index contributed by atoms with van der Waals surface area (Å²) in [6, 6.07) is 12.6. The van der Waals surface area contributed by atoms with Gasteiger partial charge >= 0.3 is 5.63 Å². The fourth-order valence-electron chi connectivity index (χ4n) is 2.24. The summed E-state index contributed by atoms with van der Waals surface area (Å²) in [5.74, 6) is 0.866. The Labute approximate surface area is 132 Å². The molecule has 3 aromatic rings. The van der Waals surface area contributed by atoms with Gasteiger partial charge < -0.3 is 13.9 Å². The minimum atomic E-state index is -0.383. The quantitative estimate of drug-likeness (QED) is 0.532. The van der Waals surface area contributed by atoms with E-state index in [1.165, 1.54) is 18.2 Å². The monoisotopic (exact) mass is 314 g/mol. The lowest BCUT2D eigenvalue weighted by Gasteiger charge is -2.09. The summed E-state index contributed by atoms with van der Waals surface area (Å²) >= 11 is 0. The van der Waals surface area contributed by atoms with Gasteiger partial charge in [-0.2, -0.15) is 0 Å². The molecule has 2 aromatic carbocycles. The summed E-state index contributed by atoms with van der Waals surface area (Å²) in [6.07, 6.45) is 0. The summed E-state index contributed by atoms with van der Waals surface area (Å²) in [5, 5.41) is 0.875. The Morgan fingerprint density at radius 1 is 0.957 bits per heavy atom. The van der Waals surface area contributed by atoms with Gasteiger partial charge in [-0.3, -0.25) is 0 Å². The van der Waals surface area contributed by atoms with Crippen LogP contribution in [0.5, 0.6) is 11.5 Å². The molecule has 0 radical (unpaired) electrons. The second-order valence-corrected chi connectivity index (χ2v) is 5.06. The summed E-state index contributed by atoms with van der Waals surface area (Å²) < 4.78 is 29.0. The molecule has 1 heterocycles. The predicted molar refractivity (Wildman–Crippen MR) is 84.6 cm³/mol. The first-order valence-corrected chi connectivity index (χ1v) is 7.17. The van der Waals surface area contributed by atoms with Crippen LogP contribution in [-0.2, 0) is 0 Å². The first-order chi connectivity index (χ1) is 11.1. The number of hydrogen-bond acceptors (Lipinski definition) is 4. The predicted octanol–water partition coefficient (Wildman–Crippen LogP) is 3.70. The van der Waals surface area contributed by atoms with E-state index in [0.717, 1.165) is 10.9 Å². The second kappa shape index (κ2) is 6.52. The van der Waals surface area contributed by atoms with E-state index < -0.39 is 0 Å². The van der Waals surface area contributed by atoms with Crippen LogP contribution in [0.25, 0.3) is 11.0 Å². The molecule has 0 fully saturated rings. The highest BCUT2D eigenvalue weighted by Crippen LogP contribution is 2.22. The van der Waals surface area contributed by atoms with Gasteiger partial charge in [0, 0.05) is 17.5 Å². The number of halogens is 1. The van der Waals surface area contributed by atoms with E-state index in [0.29, 0.717) is 30.3 Å². The first kappa shape index (κ1) is 15.1. The summed E-state index contributed by atoms with van der Waals surface area (Å²) in [7, 11) is 0. The molecule has 0 saturated heterocycles. The lowest BCUT2D eigenvalue weighted by atomic mass is 10.1. The van der Waals surface area contributed by atoms with E-state index >= 15 is 0 Å². The highest BCUT2D eigenvalue weighted by molar-refractivity contribution is 5.81. The third-order valence-corrected chi connectivity index (χ3v) is 3.36. The Bertz CT molecular complexity index is 868. The first-order valence-electron chi connectivity index (χ1n) is 7.17. The smallest absolute Gasteiger partial charge is 0.336 e. The van der Waals surface area contributed by atoms with Crippen molar-refractivity contribution in [2.24, 2.45) is 0 Å². The third kappa shape index (κ3) is 3.69. The van der Waals surface area contributed by atoms with Gasteiger partial charge in [0.05, 0.1) is 0 Å². The molecule has 5 heteroatoms. The van der Waals surface area contributed by atoms with Crippen LogP contribution < -0.4 is 15.1 Å². The van der Waals surface area contributed by atoms with Crippen LogP contribution in [0, 0.1) is 12.7 Å². The van der Waals surface area contributed by atoms with Crippen molar-refractivity contribution in [3.05, 3.63) is 70.3 Å². The van der Waals surface area contributed by atoms with Crippen LogP contribution in [0.1, 0.15) is 5.56 Å². The topological polar surface area (TPSA) is 48.7 Å². The van der Waals surface area contributed by atoms with Crippen molar-refractivity contribution >= 4 is 11.0 Å². The average molecular weight is 314 g/mol. The van der Waals surface area contributed by atoms with Gasteiger partial charge in [-0.15, -0.1) is 0 Å². The zero-order chi connectivity index (χ0) is 16.2. The summed E-state index contributed by atoms with van der Waals surface area (Å²) in [4.78, 5) is 11.4. The maximum Gasteiger partial charge on any atom is 0.336 e. The van der Waals surface area contributed by atoms with Crippen molar-refractivity contribution in [3.8, 4) is 11.5 Å². The van der Waals surface area contributed by atoms with Crippen molar-refractivity contribution in [1.82, 2.24) is 0 Å². The van der Waals surface area contributed by atoms with Crippen molar-refractivity contribution in [3.63, 3.8) is 0 Å². The van der Waals surface area contributed by atoms with E-state index in [1.54, 1.807) is 18.2 Å². The number of rotatable bonds is 5. The lowest BCUT2D eigenvalue weighted by molar-refractivity contribution is 0.217. The van der Waals surface area contributed by atoms with E-state index in [4.69, 9.17) is 13.9 Å². The number of benzene rings is 2. The zero-order valence-corrected chi connectivity index (χ0v) is 12.5. The summed E-state index contributed by atoms with van der Waals surface area (Å²) in [6.45, 7) is 2.50. The van der Waals surface area contributed by atoms with E-state index in [1.807, 2.05) is 19.1 Å². The lowest BCUT2D eigenvalue weighted by Crippen LogP contribution is -2.09. The Hall–Kier alpha value is -2.82. The molecule has 0 N–H and O–H groups in total. The Kier molecular flexibility index (Phi) is 4.28. The molecule has 1 aromatic heterocycles. The van der Waals surface area contributed by atoms with Crippen LogP contribution >= 0.6 is 0 Å². The molecule has 23 heavy (non-hydrogen) atoms. The fraction of sp³-hybridized carbons (Fsp3) is 0.167. The summed E-state index contributed by atoms with van der Waals surface area (Å²) in [5.41, 5.74) is 0.973. The molecule has 0 aliphatic rings. The fourth-order valence-corrected chi connectivity index (χ4v) is 2.24. The van der Waals surface area contributed by atoms with Gasteiger partial charge in [0.2, 0.25) is 0 Å². The van der Waals surface area contributed by atoms with Gasteiger partial charge in [0.25, 0.3) is 0 Å². The molecule has 0 aliphatic heterocycles. The van der Waals surface area contributed by atoms with Crippen molar-refractivity contribution in [1.29, 1.82) is 0 Å². The SMILES string of the molecule is Cc1cc(=O)oc2cc(OCCOc3ccc(F)cc3)ccc12. The average Bonchev–Trinajstić information content (AvgIpc) is 2.53. The number of aryl methyl sites for hydroxylation is 1. The molecule has 118 valence electrons. The van der Waals surface area contributed by atoms with Gasteiger partial charge in [0.15, 0.2) is 0 Å². The molecule has 3 rings (SSSR count). The number of fused-ring (bicyclic) bond motifs is 1. The molecule has 0 bridgehead atoms. The number of ether oxygens (including phenoxy) is 2. The van der Waals surface area contributed by atoms with Crippen LogP contribution in [0.3, 0.4) is 0 Å². The van der Waals surface area contributed by atoms with Gasteiger partial charge in [-0.25, -0.2) is 9.18 Å². The maximum absolute atomic E-state index is 12.8. The Morgan fingerprint density at radius 2 is 1.61 bits per heavy atom. The molecule has 0 atom stereocenters.